The van der Waals surface area contributed by atoms with Crippen molar-refractivity contribution < 1.29 is 18.0 Å². The molecule has 212 valence electrons. The van der Waals surface area contributed by atoms with Crippen LogP contribution >= 0.6 is 0 Å². The molecule has 5 N–H and O–H groups in total. The van der Waals surface area contributed by atoms with Gasteiger partial charge in [0.25, 0.3) is 0 Å². The first-order valence-corrected chi connectivity index (χ1v) is 15.4. The van der Waals surface area contributed by atoms with Gasteiger partial charge in [0, 0.05) is 24.2 Å². The zero-order valence-electron chi connectivity index (χ0n) is 22.9. The maximum absolute atomic E-state index is 13.9. The highest BCUT2D eigenvalue weighted by molar-refractivity contribution is 7.89. The van der Waals surface area contributed by atoms with Crippen molar-refractivity contribution in [1.29, 1.82) is 0 Å². The third-order valence-corrected chi connectivity index (χ3v) is 9.20. The lowest BCUT2D eigenvalue weighted by atomic mass is 9.95. The maximum atomic E-state index is 13.9. The van der Waals surface area contributed by atoms with E-state index in [-0.39, 0.29) is 28.7 Å². The Kier molecular flexibility index (Phi) is 9.63. The molecule has 0 saturated carbocycles. The summed E-state index contributed by atoms with van der Waals surface area (Å²) in [6.45, 7) is 5.76. The summed E-state index contributed by atoms with van der Waals surface area (Å²) in [5, 5.41) is 6.19. The van der Waals surface area contributed by atoms with Crippen LogP contribution in [0.15, 0.2) is 53.4 Å². The zero-order chi connectivity index (χ0) is 28.0. The van der Waals surface area contributed by atoms with Crippen LogP contribution in [0.3, 0.4) is 0 Å². The van der Waals surface area contributed by atoms with Gasteiger partial charge in [-0.15, -0.1) is 0 Å². The first kappa shape index (κ1) is 29.0. The number of rotatable bonds is 10. The van der Waals surface area contributed by atoms with E-state index in [1.807, 2.05) is 18.2 Å². The third-order valence-electron chi connectivity index (χ3n) is 7.73. The van der Waals surface area contributed by atoms with Crippen LogP contribution < -0.4 is 26.0 Å². The standard InChI is InChI=1S/C29H41N5O4S/c1-20(2)27(28(30)35)33-39(37,38)26-19-23(32-29(36)22-13-15-31-16-14-22)11-12-25(26)34-17-7-6-10-24(34)18-21-8-4-3-5-9-21/h3-5,8-9,11-12,19-20,22,24,27,31,33H,6-7,10,13-18H2,1-2H3,(H2,30,35)(H,32,36). The second kappa shape index (κ2) is 12.9. The van der Waals surface area contributed by atoms with Gasteiger partial charge in [-0.3, -0.25) is 9.59 Å². The van der Waals surface area contributed by atoms with Gasteiger partial charge in [-0.05, 0) is 81.3 Å². The lowest BCUT2D eigenvalue weighted by Crippen LogP contribution is -2.48. The van der Waals surface area contributed by atoms with Crippen LogP contribution in [-0.4, -0.2) is 52.0 Å². The molecule has 39 heavy (non-hydrogen) atoms. The van der Waals surface area contributed by atoms with E-state index in [1.54, 1.807) is 26.0 Å². The van der Waals surface area contributed by atoms with Gasteiger partial charge >= 0.3 is 0 Å². The fraction of sp³-hybridized carbons (Fsp3) is 0.517. The summed E-state index contributed by atoms with van der Waals surface area (Å²) in [5.74, 6) is -1.30. The van der Waals surface area contributed by atoms with Crippen molar-refractivity contribution in [2.24, 2.45) is 17.6 Å². The molecule has 2 unspecified atom stereocenters. The van der Waals surface area contributed by atoms with Crippen LogP contribution in [0.25, 0.3) is 0 Å². The molecule has 2 saturated heterocycles. The average molecular weight is 556 g/mol. The van der Waals surface area contributed by atoms with Gasteiger partial charge < -0.3 is 21.3 Å². The topological polar surface area (TPSA) is 134 Å². The molecule has 4 rings (SSSR count). The summed E-state index contributed by atoms with van der Waals surface area (Å²) in [7, 11) is -4.16. The van der Waals surface area contributed by atoms with Crippen LogP contribution in [0, 0.1) is 11.8 Å². The van der Waals surface area contributed by atoms with Gasteiger partial charge in [0.05, 0.1) is 5.69 Å². The monoisotopic (exact) mass is 555 g/mol. The molecule has 2 aliphatic heterocycles. The van der Waals surface area contributed by atoms with Crippen molar-refractivity contribution in [3.8, 4) is 0 Å². The number of nitrogens with zero attached hydrogens (tertiary/aromatic N) is 1. The van der Waals surface area contributed by atoms with Gasteiger partial charge in [-0.2, -0.15) is 4.72 Å². The summed E-state index contributed by atoms with van der Waals surface area (Å²) >= 11 is 0. The van der Waals surface area contributed by atoms with Crippen LogP contribution in [0.1, 0.15) is 51.5 Å². The normalized spacial score (nSPS) is 19.6. The number of nitrogens with one attached hydrogen (secondary N) is 3. The number of piperidine rings is 2. The number of hydrogen-bond acceptors (Lipinski definition) is 6. The summed E-state index contributed by atoms with van der Waals surface area (Å²) in [5.41, 5.74) is 7.72. The number of sulfonamides is 1. The van der Waals surface area contributed by atoms with E-state index in [2.05, 4.69) is 32.4 Å². The summed E-state index contributed by atoms with van der Waals surface area (Å²) in [6.07, 6.45) is 5.21. The highest BCUT2D eigenvalue weighted by atomic mass is 32.2. The van der Waals surface area contributed by atoms with Crippen molar-refractivity contribution in [3.63, 3.8) is 0 Å². The van der Waals surface area contributed by atoms with Gasteiger partial charge in [-0.25, -0.2) is 8.42 Å². The summed E-state index contributed by atoms with van der Waals surface area (Å²) in [4.78, 5) is 27.3. The summed E-state index contributed by atoms with van der Waals surface area (Å²) < 4.78 is 30.3. The molecule has 9 nitrogen and oxygen atoms in total. The number of carbonyl (C=O) groups is 2. The van der Waals surface area contributed by atoms with Gasteiger partial charge in [0.15, 0.2) is 0 Å². The van der Waals surface area contributed by atoms with E-state index in [9.17, 15) is 18.0 Å². The molecule has 0 bridgehead atoms. The Labute approximate surface area is 232 Å². The lowest BCUT2D eigenvalue weighted by Gasteiger charge is -2.39. The fourth-order valence-electron chi connectivity index (χ4n) is 5.54. The number of carbonyl (C=O) groups excluding carboxylic acids is 2. The Morgan fingerprint density at radius 1 is 1.05 bits per heavy atom. The van der Waals surface area contributed by atoms with Crippen molar-refractivity contribution in [2.75, 3.05) is 29.9 Å². The van der Waals surface area contributed by atoms with Crippen molar-refractivity contribution in [1.82, 2.24) is 10.0 Å². The molecule has 2 fully saturated rings. The van der Waals surface area contributed by atoms with Crippen molar-refractivity contribution in [3.05, 3.63) is 54.1 Å². The number of anilines is 2. The number of benzene rings is 2. The maximum Gasteiger partial charge on any atom is 0.243 e. The van der Waals surface area contributed by atoms with E-state index in [1.165, 1.54) is 11.6 Å². The van der Waals surface area contributed by atoms with Gasteiger partial charge in [0.2, 0.25) is 21.8 Å². The minimum absolute atomic E-state index is 0.0393. The predicted octanol–water partition coefficient (Wildman–Crippen LogP) is 3.01. The van der Waals surface area contributed by atoms with Crippen molar-refractivity contribution >= 4 is 33.2 Å². The predicted molar refractivity (Wildman–Crippen MR) is 154 cm³/mol. The Morgan fingerprint density at radius 2 is 1.77 bits per heavy atom. The minimum atomic E-state index is -4.16. The molecule has 10 heteroatoms. The first-order chi connectivity index (χ1) is 18.7. The Bertz CT molecular complexity index is 1250. The second-order valence-corrected chi connectivity index (χ2v) is 12.7. The van der Waals surface area contributed by atoms with Crippen LogP contribution in [-0.2, 0) is 26.0 Å². The molecule has 2 aromatic rings. The molecule has 0 aliphatic carbocycles. The van der Waals surface area contributed by atoms with E-state index < -0.39 is 22.0 Å². The van der Waals surface area contributed by atoms with E-state index in [0.29, 0.717) is 17.9 Å². The Morgan fingerprint density at radius 3 is 2.44 bits per heavy atom. The minimum Gasteiger partial charge on any atom is -0.368 e. The molecular formula is C29H41N5O4S. The Balaban J connectivity index is 1.70. The van der Waals surface area contributed by atoms with Crippen LogP contribution in [0.2, 0.25) is 0 Å². The molecular weight excluding hydrogens is 514 g/mol. The molecule has 2 aliphatic rings. The smallest absolute Gasteiger partial charge is 0.243 e. The van der Waals surface area contributed by atoms with Crippen molar-refractivity contribution in [2.45, 2.75) is 69.4 Å². The summed E-state index contributed by atoms with van der Waals surface area (Å²) in [6, 6.07) is 14.3. The molecule has 2 heterocycles. The van der Waals surface area contributed by atoms with E-state index in [4.69, 9.17) is 5.73 Å². The van der Waals surface area contributed by atoms with Gasteiger partial charge in [-0.1, -0.05) is 44.2 Å². The van der Waals surface area contributed by atoms with E-state index in [0.717, 1.165) is 51.6 Å². The largest absolute Gasteiger partial charge is 0.368 e. The average Bonchev–Trinajstić information content (AvgIpc) is 2.93. The highest BCUT2D eigenvalue weighted by Gasteiger charge is 2.33. The second-order valence-electron chi connectivity index (χ2n) is 11.0. The number of nitrogens with two attached hydrogens (primary N) is 1. The number of amides is 2. The fourth-order valence-corrected chi connectivity index (χ4v) is 7.13. The molecule has 0 spiro atoms. The molecule has 0 aromatic heterocycles. The highest BCUT2D eigenvalue weighted by Crippen LogP contribution is 2.34. The molecule has 2 aromatic carbocycles. The van der Waals surface area contributed by atoms with Gasteiger partial charge in [0.1, 0.15) is 10.9 Å². The third kappa shape index (κ3) is 7.38. The SMILES string of the molecule is CC(C)C(NS(=O)(=O)c1cc(NC(=O)C2CCNCC2)ccc1N1CCCCC1Cc1ccccc1)C(N)=O. The zero-order valence-corrected chi connectivity index (χ0v) is 23.7. The molecule has 0 radical (unpaired) electrons. The Hall–Kier alpha value is -2.95. The van der Waals surface area contributed by atoms with E-state index >= 15 is 0 Å². The van der Waals surface area contributed by atoms with Crippen LogP contribution in [0.4, 0.5) is 11.4 Å². The quantitative estimate of drug-likeness (QED) is 0.356. The molecule has 2 amide bonds. The first-order valence-electron chi connectivity index (χ1n) is 13.9. The molecule has 2 atom stereocenters. The number of primary amides is 1. The van der Waals surface area contributed by atoms with Crippen LogP contribution in [0.5, 0.6) is 0 Å². The number of hydrogen-bond donors (Lipinski definition) is 4. The lowest BCUT2D eigenvalue weighted by molar-refractivity contribution is -0.121.